The first-order valence-electron chi connectivity index (χ1n) is 4.76. The molecule has 2 aromatic heterocycles. The highest BCUT2D eigenvalue weighted by Crippen LogP contribution is 2.12. The van der Waals surface area contributed by atoms with Gasteiger partial charge < -0.3 is 10.8 Å². The Bertz CT molecular complexity index is 466. The van der Waals surface area contributed by atoms with E-state index < -0.39 is 0 Å². The highest BCUT2D eigenvalue weighted by molar-refractivity contribution is 5.28. The fourth-order valence-electron chi connectivity index (χ4n) is 1.40. The molecule has 2 heterocycles. The lowest BCUT2D eigenvalue weighted by Crippen LogP contribution is -2.13. The van der Waals surface area contributed by atoms with Gasteiger partial charge in [0.1, 0.15) is 5.82 Å². The van der Waals surface area contributed by atoms with Crippen LogP contribution in [0.15, 0.2) is 12.4 Å². The zero-order chi connectivity index (χ0) is 10.8. The van der Waals surface area contributed by atoms with Crippen LogP contribution in [0.5, 0.6) is 0 Å². The van der Waals surface area contributed by atoms with Crippen LogP contribution in [-0.2, 0) is 0 Å². The normalized spacial score (nSPS) is 13.3. The van der Waals surface area contributed by atoms with E-state index in [0.29, 0.717) is 18.0 Å². The summed E-state index contributed by atoms with van der Waals surface area (Å²) in [6.07, 6.45) is 3.98. The molecule has 0 aliphatic carbocycles. The third kappa shape index (κ3) is 1.95. The lowest BCUT2D eigenvalue weighted by atomic mass is 10.1. The molecule has 1 atom stereocenters. The van der Waals surface area contributed by atoms with Gasteiger partial charge in [0.25, 0.3) is 5.78 Å². The minimum absolute atomic E-state index is 0.0651. The number of hydrogen-bond acceptors (Lipinski definition) is 5. The molecule has 15 heavy (non-hydrogen) atoms. The molecule has 0 amide bonds. The van der Waals surface area contributed by atoms with E-state index in [1.54, 1.807) is 16.9 Å². The number of fused-ring (bicyclic) bond motifs is 1. The van der Waals surface area contributed by atoms with Crippen molar-refractivity contribution in [3.8, 4) is 0 Å². The summed E-state index contributed by atoms with van der Waals surface area (Å²) in [6, 6.07) is -0.212. The maximum absolute atomic E-state index is 8.78. The van der Waals surface area contributed by atoms with Crippen molar-refractivity contribution in [1.82, 2.24) is 19.6 Å². The molecule has 0 aliphatic heterocycles. The van der Waals surface area contributed by atoms with Gasteiger partial charge in [0.2, 0.25) is 0 Å². The molecule has 2 aromatic rings. The molecule has 6 nitrogen and oxygen atoms in total. The molecule has 0 aromatic carbocycles. The van der Waals surface area contributed by atoms with E-state index in [2.05, 4.69) is 15.1 Å². The van der Waals surface area contributed by atoms with Crippen molar-refractivity contribution in [2.45, 2.75) is 19.4 Å². The Kier molecular flexibility index (Phi) is 2.61. The standard InChI is InChI=1S/C9H13N5O/c1-6-12-9-11-4-7(5-14(9)13-6)8(10)2-3-15/h4-5,8,15H,2-3,10H2,1H3. The maximum atomic E-state index is 8.78. The summed E-state index contributed by atoms with van der Waals surface area (Å²) in [5.74, 6) is 1.24. The summed E-state index contributed by atoms with van der Waals surface area (Å²) in [7, 11) is 0. The molecule has 3 N–H and O–H groups in total. The Morgan fingerprint density at radius 2 is 2.40 bits per heavy atom. The molecule has 0 spiro atoms. The van der Waals surface area contributed by atoms with E-state index in [0.717, 1.165) is 5.56 Å². The highest BCUT2D eigenvalue weighted by atomic mass is 16.3. The first-order chi connectivity index (χ1) is 7.20. The smallest absolute Gasteiger partial charge is 0.252 e. The first-order valence-corrected chi connectivity index (χ1v) is 4.76. The van der Waals surface area contributed by atoms with Gasteiger partial charge in [-0.1, -0.05) is 0 Å². The third-order valence-corrected chi connectivity index (χ3v) is 2.19. The molecule has 0 saturated carbocycles. The lowest BCUT2D eigenvalue weighted by Gasteiger charge is -2.08. The largest absolute Gasteiger partial charge is 0.396 e. The van der Waals surface area contributed by atoms with Gasteiger partial charge in [-0.15, -0.1) is 0 Å². The van der Waals surface area contributed by atoms with Crippen molar-refractivity contribution in [1.29, 1.82) is 0 Å². The number of rotatable bonds is 3. The van der Waals surface area contributed by atoms with E-state index >= 15 is 0 Å². The van der Waals surface area contributed by atoms with Crippen molar-refractivity contribution < 1.29 is 5.11 Å². The van der Waals surface area contributed by atoms with Crippen molar-refractivity contribution >= 4 is 5.78 Å². The molecular weight excluding hydrogens is 194 g/mol. The summed E-state index contributed by atoms with van der Waals surface area (Å²) in [4.78, 5) is 8.24. The number of nitrogens with zero attached hydrogens (tertiary/aromatic N) is 4. The zero-order valence-corrected chi connectivity index (χ0v) is 8.46. The van der Waals surface area contributed by atoms with Gasteiger partial charge in [0.15, 0.2) is 0 Å². The summed E-state index contributed by atoms with van der Waals surface area (Å²) >= 11 is 0. The van der Waals surface area contributed by atoms with Gasteiger partial charge in [0, 0.05) is 30.6 Å². The Labute approximate surface area is 86.8 Å². The second-order valence-corrected chi connectivity index (χ2v) is 3.41. The molecule has 0 fully saturated rings. The van der Waals surface area contributed by atoms with Crippen molar-refractivity contribution in [3.05, 3.63) is 23.8 Å². The monoisotopic (exact) mass is 207 g/mol. The van der Waals surface area contributed by atoms with Gasteiger partial charge in [0.05, 0.1) is 0 Å². The average Bonchev–Trinajstić information content (AvgIpc) is 2.57. The van der Waals surface area contributed by atoms with Crippen LogP contribution in [-0.4, -0.2) is 31.3 Å². The second-order valence-electron chi connectivity index (χ2n) is 3.41. The zero-order valence-electron chi connectivity index (χ0n) is 8.46. The molecule has 2 rings (SSSR count). The second kappa shape index (κ2) is 3.92. The van der Waals surface area contributed by atoms with E-state index in [9.17, 15) is 0 Å². The summed E-state index contributed by atoms with van der Waals surface area (Å²) < 4.78 is 1.60. The molecular formula is C9H13N5O. The minimum Gasteiger partial charge on any atom is -0.396 e. The van der Waals surface area contributed by atoms with Crippen LogP contribution in [0.4, 0.5) is 0 Å². The predicted octanol–water partition coefficient (Wildman–Crippen LogP) is -0.185. The SMILES string of the molecule is Cc1nc2ncc(C(N)CCO)cn2n1. The fraction of sp³-hybridized carbons (Fsp3) is 0.444. The van der Waals surface area contributed by atoms with E-state index in [-0.39, 0.29) is 12.6 Å². The van der Waals surface area contributed by atoms with Crippen LogP contribution in [0.3, 0.4) is 0 Å². The predicted molar refractivity (Wildman–Crippen MR) is 54.2 cm³/mol. The number of aryl methyl sites for hydroxylation is 1. The van der Waals surface area contributed by atoms with E-state index in [4.69, 9.17) is 10.8 Å². The third-order valence-electron chi connectivity index (χ3n) is 2.19. The highest BCUT2D eigenvalue weighted by Gasteiger charge is 2.08. The lowest BCUT2D eigenvalue weighted by molar-refractivity contribution is 0.276. The van der Waals surface area contributed by atoms with Crippen LogP contribution in [0.25, 0.3) is 5.78 Å². The molecule has 0 aliphatic rings. The van der Waals surface area contributed by atoms with Crippen molar-refractivity contribution in [2.75, 3.05) is 6.61 Å². The van der Waals surface area contributed by atoms with Crippen LogP contribution >= 0.6 is 0 Å². The quantitative estimate of drug-likeness (QED) is 0.728. The Hall–Kier alpha value is -1.53. The Balaban J connectivity index is 2.37. The molecule has 80 valence electrons. The molecule has 0 bridgehead atoms. The average molecular weight is 207 g/mol. The molecule has 1 unspecified atom stereocenters. The minimum atomic E-state index is -0.212. The van der Waals surface area contributed by atoms with E-state index in [1.165, 1.54) is 0 Å². The van der Waals surface area contributed by atoms with Crippen molar-refractivity contribution in [3.63, 3.8) is 0 Å². The van der Waals surface area contributed by atoms with Crippen molar-refractivity contribution in [2.24, 2.45) is 5.73 Å². The number of aliphatic hydroxyl groups is 1. The van der Waals surface area contributed by atoms with Gasteiger partial charge in [-0.3, -0.25) is 0 Å². The van der Waals surface area contributed by atoms with Gasteiger partial charge in [-0.25, -0.2) is 9.50 Å². The molecule has 0 saturated heterocycles. The summed E-state index contributed by atoms with van der Waals surface area (Å²) in [6.45, 7) is 1.87. The van der Waals surface area contributed by atoms with Crippen LogP contribution in [0, 0.1) is 6.92 Å². The number of hydrogen-bond donors (Lipinski definition) is 2. The summed E-state index contributed by atoms with van der Waals surface area (Å²) in [5.41, 5.74) is 6.69. The fourth-order valence-corrected chi connectivity index (χ4v) is 1.40. The molecule has 0 radical (unpaired) electrons. The van der Waals surface area contributed by atoms with Gasteiger partial charge in [-0.2, -0.15) is 10.1 Å². The van der Waals surface area contributed by atoms with Crippen LogP contribution in [0.2, 0.25) is 0 Å². The number of aromatic nitrogens is 4. The van der Waals surface area contributed by atoms with E-state index in [1.807, 2.05) is 6.92 Å². The van der Waals surface area contributed by atoms with Gasteiger partial charge >= 0.3 is 0 Å². The Morgan fingerprint density at radius 3 is 3.13 bits per heavy atom. The van der Waals surface area contributed by atoms with Crippen LogP contribution in [0.1, 0.15) is 23.9 Å². The number of nitrogens with two attached hydrogens (primary N) is 1. The first kappa shape index (κ1) is 10.0. The maximum Gasteiger partial charge on any atom is 0.252 e. The Morgan fingerprint density at radius 1 is 1.60 bits per heavy atom. The van der Waals surface area contributed by atoms with Crippen LogP contribution < -0.4 is 5.73 Å². The molecule has 6 heteroatoms. The topological polar surface area (TPSA) is 89.3 Å². The van der Waals surface area contributed by atoms with Gasteiger partial charge in [-0.05, 0) is 13.3 Å². The number of aliphatic hydroxyl groups excluding tert-OH is 1. The summed E-state index contributed by atoms with van der Waals surface area (Å²) in [5, 5.41) is 12.9.